The molecule has 0 atom stereocenters. The molecule has 130 valence electrons. The fourth-order valence-electron chi connectivity index (χ4n) is 2.61. The SMILES string of the molecule is COc1cccc2sc(NC(=O)c3sc(-c4ccccc4)nc3C)nc12. The first-order valence-electron chi connectivity index (χ1n) is 7.93. The molecule has 26 heavy (non-hydrogen) atoms. The van der Waals surface area contributed by atoms with Crippen molar-refractivity contribution in [1.82, 2.24) is 9.97 Å². The van der Waals surface area contributed by atoms with Gasteiger partial charge >= 0.3 is 0 Å². The van der Waals surface area contributed by atoms with Crippen LogP contribution in [0.3, 0.4) is 0 Å². The lowest BCUT2D eigenvalue weighted by Gasteiger charge is -1.99. The van der Waals surface area contributed by atoms with Crippen molar-refractivity contribution < 1.29 is 9.53 Å². The molecular formula is C19H15N3O2S2. The van der Waals surface area contributed by atoms with Crippen LogP contribution in [0.1, 0.15) is 15.4 Å². The lowest BCUT2D eigenvalue weighted by atomic mass is 10.2. The number of thiazole rings is 2. The number of benzene rings is 2. The van der Waals surface area contributed by atoms with Crippen LogP contribution in [0.25, 0.3) is 20.8 Å². The molecule has 0 saturated heterocycles. The van der Waals surface area contributed by atoms with E-state index in [0.29, 0.717) is 21.5 Å². The number of ether oxygens (including phenoxy) is 1. The van der Waals surface area contributed by atoms with E-state index in [0.717, 1.165) is 20.8 Å². The average molecular weight is 381 g/mol. The zero-order valence-corrected chi connectivity index (χ0v) is 15.8. The summed E-state index contributed by atoms with van der Waals surface area (Å²) in [6.07, 6.45) is 0. The Kier molecular flexibility index (Phi) is 4.40. The number of carbonyl (C=O) groups is 1. The van der Waals surface area contributed by atoms with Crippen molar-refractivity contribution in [2.45, 2.75) is 6.92 Å². The molecule has 7 heteroatoms. The first-order valence-corrected chi connectivity index (χ1v) is 9.57. The quantitative estimate of drug-likeness (QED) is 0.541. The van der Waals surface area contributed by atoms with Gasteiger partial charge in [-0.3, -0.25) is 10.1 Å². The van der Waals surface area contributed by atoms with Crippen molar-refractivity contribution >= 4 is 43.9 Å². The van der Waals surface area contributed by atoms with Crippen LogP contribution in [-0.4, -0.2) is 23.0 Å². The molecule has 0 bridgehead atoms. The van der Waals surface area contributed by atoms with Gasteiger partial charge in [0.2, 0.25) is 0 Å². The normalized spacial score (nSPS) is 10.8. The van der Waals surface area contributed by atoms with Crippen molar-refractivity contribution in [2.24, 2.45) is 0 Å². The van der Waals surface area contributed by atoms with E-state index in [4.69, 9.17) is 4.74 Å². The lowest BCUT2D eigenvalue weighted by molar-refractivity contribution is 0.103. The van der Waals surface area contributed by atoms with Gasteiger partial charge in [-0.25, -0.2) is 9.97 Å². The van der Waals surface area contributed by atoms with E-state index in [1.54, 1.807) is 7.11 Å². The maximum absolute atomic E-state index is 12.7. The smallest absolute Gasteiger partial charge is 0.269 e. The molecule has 0 aliphatic heterocycles. The summed E-state index contributed by atoms with van der Waals surface area (Å²) < 4.78 is 6.29. The van der Waals surface area contributed by atoms with Gasteiger partial charge in [-0.15, -0.1) is 11.3 Å². The van der Waals surface area contributed by atoms with Crippen LogP contribution < -0.4 is 10.1 Å². The van der Waals surface area contributed by atoms with Crippen molar-refractivity contribution in [3.8, 4) is 16.3 Å². The molecular weight excluding hydrogens is 366 g/mol. The van der Waals surface area contributed by atoms with E-state index in [9.17, 15) is 4.79 Å². The summed E-state index contributed by atoms with van der Waals surface area (Å²) in [7, 11) is 1.61. The number of amides is 1. The summed E-state index contributed by atoms with van der Waals surface area (Å²) in [5.41, 5.74) is 2.47. The van der Waals surface area contributed by atoms with Gasteiger partial charge in [0.25, 0.3) is 5.91 Å². The highest BCUT2D eigenvalue weighted by Crippen LogP contribution is 2.33. The van der Waals surface area contributed by atoms with Gasteiger partial charge < -0.3 is 4.74 Å². The molecule has 0 saturated carbocycles. The Hall–Kier alpha value is -2.77. The van der Waals surface area contributed by atoms with Crippen molar-refractivity contribution in [3.05, 3.63) is 59.1 Å². The molecule has 4 aromatic rings. The molecule has 2 heterocycles. The molecule has 0 spiro atoms. The Morgan fingerprint density at radius 1 is 1.04 bits per heavy atom. The van der Waals surface area contributed by atoms with Gasteiger partial charge in [-0.2, -0.15) is 0 Å². The topological polar surface area (TPSA) is 64.1 Å². The number of nitrogens with zero attached hydrogens (tertiary/aromatic N) is 2. The molecule has 0 aliphatic rings. The van der Waals surface area contributed by atoms with Crippen molar-refractivity contribution in [3.63, 3.8) is 0 Å². The number of anilines is 1. The third-order valence-corrected chi connectivity index (χ3v) is 5.99. The second-order valence-electron chi connectivity index (χ2n) is 5.58. The van der Waals surface area contributed by atoms with Crippen LogP contribution in [0.2, 0.25) is 0 Å². The first kappa shape index (κ1) is 16.7. The summed E-state index contributed by atoms with van der Waals surface area (Å²) >= 11 is 2.80. The zero-order chi connectivity index (χ0) is 18.1. The Morgan fingerprint density at radius 2 is 1.85 bits per heavy atom. The number of hydrogen-bond acceptors (Lipinski definition) is 6. The summed E-state index contributed by atoms with van der Waals surface area (Å²) in [4.78, 5) is 22.3. The molecule has 5 nitrogen and oxygen atoms in total. The predicted octanol–water partition coefficient (Wildman–Crippen LogP) is 4.99. The number of rotatable bonds is 4. The molecule has 1 amide bonds. The van der Waals surface area contributed by atoms with Crippen LogP contribution in [0.5, 0.6) is 5.75 Å². The highest BCUT2D eigenvalue weighted by Gasteiger charge is 2.18. The lowest BCUT2D eigenvalue weighted by Crippen LogP contribution is -2.11. The van der Waals surface area contributed by atoms with Gasteiger partial charge in [0.1, 0.15) is 21.2 Å². The van der Waals surface area contributed by atoms with Gasteiger partial charge in [-0.05, 0) is 19.1 Å². The Balaban J connectivity index is 1.62. The number of aryl methyl sites for hydroxylation is 1. The Labute approximate surface area is 158 Å². The molecule has 4 rings (SSSR count). The second kappa shape index (κ2) is 6.86. The number of fused-ring (bicyclic) bond motifs is 1. The highest BCUT2D eigenvalue weighted by molar-refractivity contribution is 7.22. The van der Waals surface area contributed by atoms with E-state index in [1.807, 2.05) is 55.5 Å². The number of methoxy groups -OCH3 is 1. The second-order valence-corrected chi connectivity index (χ2v) is 7.61. The van der Waals surface area contributed by atoms with Gasteiger partial charge in [0.05, 0.1) is 17.5 Å². The van der Waals surface area contributed by atoms with Crippen LogP contribution in [0, 0.1) is 6.92 Å². The minimum Gasteiger partial charge on any atom is -0.494 e. The van der Waals surface area contributed by atoms with Crippen LogP contribution >= 0.6 is 22.7 Å². The van der Waals surface area contributed by atoms with Gasteiger partial charge in [0.15, 0.2) is 5.13 Å². The molecule has 0 fully saturated rings. The number of hydrogen-bond donors (Lipinski definition) is 1. The average Bonchev–Trinajstić information content (AvgIpc) is 3.25. The highest BCUT2D eigenvalue weighted by atomic mass is 32.1. The zero-order valence-electron chi connectivity index (χ0n) is 14.1. The maximum atomic E-state index is 12.7. The number of para-hydroxylation sites is 1. The largest absolute Gasteiger partial charge is 0.494 e. The third kappa shape index (κ3) is 3.07. The van der Waals surface area contributed by atoms with Crippen molar-refractivity contribution in [1.29, 1.82) is 0 Å². The molecule has 0 radical (unpaired) electrons. The number of carbonyl (C=O) groups excluding carboxylic acids is 1. The van der Waals surface area contributed by atoms with Gasteiger partial charge in [0, 0.05) is 5.56 Å². The monoisotopic (exact) mass is 381 g/mol. The fraction of sp³-hybridized carbons (Fsp3) is 0.105. The minimum atomic E-state index is -0.194. The van der Waals surface area contributed by atoms with E-state index >= 15 is 0 Å². The van der Waals surface area contributed by atoms with E-state index < -0.39 is 0 Å². The van der Waals surface area contributed by atoms with Crippen molar-refractivity contribution in [2.75, 3.05) is 12.4 Å². The molecule has 2 aromatic carbocycles. The first-order chi connectivity index (χ1) is 12.7. The van der Waals surface area contributed by atoms with E-state index in [2.05, 4.69) is 15.3 Å². The molecule has 1 N–H and O–H groups in total. The fourth-order valence-corrected chi connectivity index (χ4v) is 4.45. The third-order valence-electron chi connectivity index (χ3n) is 3.85. The van der Waals surface area contributed by atoms with E-state index in [-0.39, 0.29) is 5.91 Å². The Morgan fingerprint density at radius 3 is 2.62 bits per heavy atom. The summed E-state index contributed by atoms with van der Waals surface area (Å²) in [5, 5.41) is 4.27. The number of aromatic nitrogens is 2. The molecule has 2 aromatic heterocycles. The summed E-state index contributed by atoms with van der Waals surface area (Å²) in [5.74, 6) is 0.500. The summed E-state index contributed by atoms with van der Waals surface area (Å²) in [6.45, 7) is 1.85. The van der Waals surface area contributed by atoms with Crippen LogP contribution in [0.4, 0.5) is 5.13 Å². The number of nitrogens with one attached hydrogen (secondary N) is 1. The Bertz CT molecular complexity index is 1090. The minimum absolute atomic E-state index is 0.194. The van der Waals surface area contributed by atoms with Crippen LogP contribution in [0.15, 0.2) is 48.5 Å². The standard InChI is InChI=1S/C19H15N3O2S2/c1-11-16(26-18(20-11)12-7-4-3-5-8-12)17(23)22-19-21-15-13(24-2)9-6-10-14(15)25-19/h3-10H,1-2H3,(H,21,22,23). The summed E-state index contributed by atoms with van der Waals surface area (Å²) in [6, 6.07) is 15.6. The molecule has 0 unspecified atom stereocenters. The molecule has 0 aliphatic carbocycles. The predicted molar refractivity (Wildman–Crippen MR) is 106 cm³/mol. The van der Waals surface area contributed by atoms with Crippen LogP contribution in [-0.2, 0) is 0 Å². The van der Waals surface area contributed by atoms with E-state index in [1.165, 1.54) is 22.7 Å². The van der Waals surface area contributed by atoms with Gasteiger partial charge in [-0.1, -0.05) is 47.7 Å². The maximum Gasteiger partial charge on any atom is 0.269 e.